The van der Waals surface area contributed by atoms with Crippen LogP contribution in [0.1, 0.15) is 37.7 Å². The summed E-state index contributed by atoms with van der Waals surface area (Å²) in [6.45, 7) is 5.04. The van der Waals surface area contributed by atoms with Gasteiger partial charge in [0.15, 0.2) is 11.5 Å². The molecule has 29 heavy (non-hydrogen) atoms. The second-order valence-electron chi connectivity index (χ2n) is 8.53. The van der Waals surface area contributed by atoms with E-state index in [1.54, 1.807) is 0 Å². The number of rotatable bonds is 4. The third-order valence-electron chi connectivity index (χ3n) is 6.60. The van der Waals surface area contributed by atoms with Gasteiger partial charge in [-0.3, -0.25) is 14.6 Å². The van der Waals surface area contributed by atoms with Crippen molar-refractivity contribution in [2.24, 2.45) is 0 Å². The Morgan fingerprint density at radius 2 is 1.66 bits per heavy atom. The van der Waals surface area contributed by atoms with E-state index in [1.165, 1.54) is 10.5 Å². The van der Waals surface area contributed by atoms with Crippen molar-refractivity contribution in [1.82, 2.24) is 20.0 Å². The number of benzene rings is 1. The Morgan fingerprint density at radius 3 is 2.45 bits per heavy atom. The first-order chi connectivity index (χ1) is 14.1. The van der Waals surface area contributed by atoms with E-state index in [4.69, 9.17) is 9.47 Å². The molecule has 0 unspecified atom stereocenters. The van der Waals surface area contributed by atoms with E-state index < -0.39 is 5.54 Å². The van der Waals surface area contributed by atoms with Crippen molar-refractivity contribution in [3.8, 4) is 11.5 Å². The Hall–Kier alpha value is -2.32. The molecule has 0 atom stereocenters. The average Bonchev–Trinajstić information content (AvgIpc) is 3.28. The number of carbonyl (C=O) groups is 2. The van der Waals surface area contributed by atoms with Gasteiger partial charge < -0.3 is 14.8 Å². The summed E-state index contributed by atoms with van der Waals surface area (Å²) in [5, 5.41) is 3.00. The van der Waals surface area contributed by atoms with E-state index in [-0.39, 0.29) is 11.9 Å². The smallest absolute Gasteiger partial charge is 0.326 e. The van der Waals surface area contributed by atoms with Gasteiger partial charge in [0.05, 0.1) is 6.67 Å². The van der Waals surface area contributed by atoms with E-state index in [0.29, 0.717) is 13.5 Å². The zero-order chi connectivity index (χ0) is 19.8. The van der Waals surface area contributed by atoms with Crippen LogP contribution in [0.15, 0.2) is 18.2 Å². The lowest BCUT2D eigenvalue weighted by Gasteiger charge is -2.36. The standard InChI is InChI=1S/C21H28N4O4/c26-19-21(6-2-1-3-7-21)22-20(27)25(19)14-24-10-8-23(9-11-24)13-16-4-5-17-18(12-16)29-15-28-17/h4-5,12H,1-3,6-11,13-15H2,(H,22,27). The molecule has 0 radical (unpaired) electrons. The molecule has 0 aromatic heterocycles. The lowest BCUT2D eigenvalue weighted by molar-refractivity contribution is -0.134. The number of piperazine rings is 1. The fraction of sp³-hybridized carbons (Fsp3) is 0.619. The van der Waals surface area contributed by atoms with Crippen LogP contribution in [0.5, 0.6) is 11.5 Å². The Bertz CT molecular complexity index is 800. The summed E-state index contributed by atoms with van der Waals surface area (Å²) in [5.74, 6) is 1.60. The molecule has 0 bridgehead atoms. The molecular weight excluding hydrogens is 372 g/mol. The molecule has 1 aliphatic carbocycles. The molecule has 1 spiro atoms. The van der Waals surface area contributed by atoms with Crippen LogP contribution in [0.3, 0.4) is 0 Å². The van der Waals surface area contributed by atoms with Crippen LogP contribution >= 0.6 is 0 Å². The van der Waals surface area contributed by atoms with Crippen LogP contribution in [-0.4, -0.2) is 71.8 Å². The third-order valence-corrected chi connectivity index (χ3v) is 6.60. The largest absolute Gasteiger partial charge is 0.454 e. The van der Waals surface area contributed by atoms with Gasteiger partial charge in [0, 0.05) is 32.7 Å². The number of ether oxygens (including phenoxy) is 2. The Morgan fingerprint density at radius 1 is 0.931 bits per heavy atom. The van der Waals surface area contributed by atoms with Gasteiger partial charge in [-0.2, -0.15) is 0 Å². The minimum Gasteiger partial charge on any atom is -0.454 e. The fourth-order valence-corrected chi connectivity index (χ4v) is 4.89. The van der Waals surface area contributed by atoms with Crippen LogP contribution in [-0.2, 0) is 11.3 Å². The molecule has 3 heterocycles. The number of hydrogen-bond donors (Lipinski definition) is 1. The normalized spacial score (nSPS) is 24.3. The first kappa shape index (κ1) is 18.7. The quantitative estimate of drug-likeness (QED) is 0.777. The molecule has 3 aliphatic heterocycles. The molecule has 1 aromatic rings. The van der Waals surface area contributed by atoms with E-state index in [1.807, 2.05) is 12.1 Å². The zero-order valence-electron chi connectivity index (χ0n) is 16.7. The third kappa shape index (κ3) is 3.55. The lowest BCUT2D eigenvalue weighted by Crippen LogP contribution is -2.52. The number of amides is 3. The molecule has 1 aromatic carbocycles. The number of nitrogens with zero attached hydrogens (tertiary/aromatic N) is 3. The van der Waals surface area contributed by atoms with Crippen LogP contribution in [0.2, 0.25) is 0 Å². The predicted octanol–water partition coefficient (Wildman–Crippen LogP) is 1.75. The van der Waals surface area contributed by atoms with Crippen LogP contribution in [0.25, 0.3) is 0 Å². The Balaban J connectivity index is 1.14. The molecule has 1 saturated carbocycles. The van der Waals surface area contributed by atoms with Gasteiger partial charge in [0.1, 0.15) is 5.54 Å². The molecule has 8 nitrogen and oxygen atoms in total. The van der Waals surface area contributed by atoms with E-state index in [9.17, 15) is 9.59 Å². The highest BCUT2D eigenvalue weighted by Crippen LogP contribution is 2.34. The molecule has 4 aliphatic rings. The summed E-state index contributed by atoms with van der Waals surface area (Å²) >= 11 is 0. The van der Waals surface area contributed by atoms with Crippen molar-refractivity contribution in [1.29, 1.82) is 0 Å². The molecule has 156 valence electrons. The number of hydrogen-bond acceptors (Lipinski definition) is 6. The van der Waals surface area contributed by atoms with Crippen LogP contribution in [0, 0.1) is 0 Å². The maximum atomic E-state index is 12.9. The zero-order valence-corrected chi connectivity index (χ0v) is 16.7. The maximum absolute atomic E-state index is 12.9. The van der Waals surface area contributed by atoms with Crippen molar-refractivity contribution >= 4 is 11.9 Å². The number of urea groups is 1. The van der Waals surface area contributed by atoms with Crippen molar-refractivity contribution < 1.29 is 19.1 Å². The summed E-state index contributed by atoms with van der Waals surface area (Å²) in [5.41, 5.74) is 0.576. The topological polar surface area (TPSA) is 74.4 Å². The second kappa shape index (κ2) is 7.50. The summed E-state index contributed by atoms with van der Waals surface area (Å²) in [4.78, 5) is 31.4. The van der Waals surface area contributed by atoms with Crippen molar-refractivity contribution in [2.75, 3.05) is 39.6 Å². The average molecular weight is 400 g/mol. The van der Waals surface area contributed by atoms with Crippen molar-refractivity contribution in [3.63, 3.8) is 0 Å². The highest BCUT2D eigenvalue weighted by atomic mass is 16.7. The van der Waals surface area contributed by atoms with Gasteiger partial charge in [-0.1, -0.05) is 25.3 Å². The Kier molecular flexibility index (Phi) is 4.83. The van der Waals surface area contributed by atoms with Gasteiger partial charge in [-0.05, 0) is 30.5 Å². The van der Waals surface area contributed by atoms with Gasteiger partial charge >= 0.3 is 6.03 Å². The van der Waals surface area contributed by atoms with Crippen molar-refractivity contribution in [3.05, 3.63) is 23.8 Å². The van der Waals surface area contributed by atoms with E-state index >= 15 is 0 Å². The molecule has 5 rings (SSSR count). The van der Waals surface area contributed by atoms with Gasteiger partial charge in [-0.15, -0.1) is 0 Å². The first-order valence-corrected chi connectivity index (χ1v) is 10.6. The summed E-state index contributed by atoms with van der Waals surface area (Å²) in [7, 11) is 0. The second-order valence-corrected chi connectivity index (χ2v) is 8.53. The fourth-order valence-electron chi connectivity index (χ4n) is 4.89. The monoisotopic (exact) mass is 400 g/mol. The van der Waals surface area contributed by atoms with Gasteiger partial charge in [0.2, 0.25) is 6.79 Å². The summed E-state index contributed by atoms with van der Waals surface area (Å²) < 4.78 is 10.8. The van der Waals surface area contributed by atoms with E-state index in [2.05, 4.69) is 21.2 Å². The molecule has 3 fully saturated rings. The number of nitrogens with one attached hydrogen (secondary N) is 1. The number of carbonyl (C=O) groups excluding carboxylic acids is 2. The molecular formula is C21H28N4O4. The lowest BCUT2D eigenvalue weighted by atomic mass is 9.82. The molecule has 8 heteroatoms. The SMILES string of the molecule is O=C1NC2(CCCCC2)C(=O)N1CN1CCN(Cc2ccc3c(c2)OCO3)CC1. The first-order valence-electron chi connectivity index (χ1n) is 10.6. The minimum absolute atomic E-state index is 0.0232. The molecule has 1 N–H and O–H groups in total. The maximum Gasteiger partial charge on any atom is 0.326 e. The number of imide groups is 1. The highest BCUT2D eigenvalue weighted by Gasteiger charge is 2.51. The highest BCUT2D eigenvalue weighted by molar-refractivity contribution is 6.07. The Labute approximate surface area is 170 Å². The summed E-state index contributed by atoms with van der Waals surface area (Å²) in [6.07, 6.45) is 4.72. The minimum atomic E-state index is -0.628. The number of fused-ring (bicyclic) bond motifs is 1. The van der Waals surface area contributed by atoms with Gasteiger partial charge in [-0.25, -0.2) is 9.69 Å². The molecule has 2 saturated heterocycles. The van der Waals surface area contributed by atoms with Crippen LogP contribution in [0.4, 0.5) is 4.79 Å². The van der Waals surface area contributed by atoms with E-state index in [0.717, 1.165) is 76.3 Å². The molecule has 3 amide bonds. The summed E-state index contributed by atoms with van der Waals surface area (Å²) in [6, 6.07) is 5.87. The van der Waals surface area contributed by atoms with Crippen molar-refractivity contribution in [2.45, 2.75) is 44.2 Å². The predicted molar refractivity (Wildman–Crippen MR) is 105 cm³/mol. The van der Waals surface area contributed by atoms with Crippen LogP contribution < -0.4 is 14.8 Å². The van der Waals surface area contributed by atoms with Gasteiger partial charge in [0.25, 0.3) is 5.91 Å².